The van der Waals surface area contributed by atoms with Crippen LogP contribution in [0.25, 0.3) is 0 Å². The van der Waals surface area contributed by atoms with Gasteiger partial charge in [-0.3, -0.25) is 9.59 Å². The molecule has 2 aromatic rings. The average Bonchev–Trinajstić information content (AvgIpc) is 3.02. The maximum atomic E-state index is 12.3. The number of benzene rings is 1. The third-order valence-electron chi connectivity index (χ3n) is 3.29. The van der Waals surface area contributed by atoms with E-state index in [4.69, 9.17) is 11.6 Å². The first-order chi connectivity index (χ1) is 11.9. The summed E-state index contributed by atoms with van der Waals surface area (Å²) in [6, 6.07) is 9.65. The number of amides is 2. The van der Waals surface area contributed by atoms with Crippen LogP contribution < -0.4 is 10.6 Å². The van der Waals surface area contributed by atoms with Crippen molar-refractivity contribution < 1.29 is 19.1 Å². The van der Waals surface area contributed by atoms with Crippen molar-refractivity contribution in [2.45, 2.75) is 19.4 Å². The predicted molar refractivity (Wildman–Crippen MR) is 96.9 cm³/mol. The summed E-state index contributed by atoms with van der Waals surface area (Å²) in [5.41, 5.74) is 0.774. The number of carbonyl (C=O) groups excluding carboxylic acids is 3. The van der Waals surface area contributed by atoms with Crippen molar-refractivity contribution in [3.8, 4) is 0 Å². The second kappa shape index (κ2) is 8.64. The van der Waals surface area contributed by atoms with Crippen LogP contribution in [0.4, 0.5) is 5.00 Å². The molecule has 1 aromatic heterocycles. The zero-order chi connectivity index (χ0) is 18.4. The van der Waals surface area contributed by atoms with Gasteiger partial charge in [0.2, 0.25) is 11.8 Å². The Hall–Kier alpha value is -2.38. The molecule has 1 atom stereocenters. The normalized spacial score (nSPS) is 11.5. The Bertz CT molecular complexity index is 773. The van der Waals surface area contributed by atoms with E-state index in [1.54, 1.807) is 36.4 Å². The number of ether oxygens (including phenoxy) is 1. The Labute approximate surface area is 154 Å². The topological polar surface area (TPSA) is 84.5 Å². The summed E-state index contributed by atoms with van der Waals surface area (Å²) in [6.45, 7) is 1.39. The first-order valence-electron chi connectivity index (χ1n) is 7.39. The Morgan fingerprint density at radius 2 is 1.84 bits per heavy atom. The molecular formula is C17H17ClN2O4S. The zero-order valence-electron chi connectivity index (χ0n) is 13.7. The van der Waals surface area contributed by atoms with Crippen molar-refractivity contribution >= 4 is 45.7 Å². The Balaban J connectivity index is 2.06. The molecule has 2 rings (SSSR count). The van der Waals surface area contributed by atoms with E-state index in [9.17, 15) is 14.4 Å². The second-order valence-electron chi connectivity index (χ2n) is 5.21. The van der Waals surface area contributed by atoms with Crippen LogP contribution in [-0.2, 0) is 14.3 Å². The fraction of sp³-hybridized carbons (Fsp3) is 0.235. The van der Waals surface area contributed by atoms with Gasteiger partial charge in [0.05, 0.1) is 24.6 Å². The lowest BCUT2D eigenvalue weighted by Gasteiger charge is -2.18. The van der Waals surface area contributed by atoms with E-state index in [0.29, 0.717) is 14.9 Å². The van der Waals surface area contributed by atoms with Crippen LogP contribution in [0.3, 0.4) is 0 Å². The fourth-order valence-electron chi connectivity index (χ4n) is 2.18. The van der Waals surface area contributed by atoms with Gasteiger partial charge in [-0.1, -0.05) is 23.7 Å². The second-order valence-corrected chi connectivity index (χ2v) is 6.73. The molecule has 1 unspecified atom stereocenters. The fourth-order valence-corrected chi connectivity index (χ4v) is 3.15. The minimum Gasteiger partial charge on any atom is -0.465 e. The molecule has 0 aliphatic heterocycles. The van der Waals surface area contributed by atoms with Crippen molar-refractivity contribution in [1.29, 1.82) is 0 Å². The molecule has 132 valence electrons. The van der Waals surface area contributed by atoms with Gasteiger partial charge in [0, 0.05) is 11.9 Å². The van der Waals surface area contributed by atoms with Crippen molar-refractivity contribution in [3.05, 3.63) is 51.9 Å². The van der Waals surface area contributed by atoms with Gasteiger partial charge < -0.3 is 15.4 Å². The maximum absolute atomic E-state index is 12.3. The molecule has 0 aliphatic carbocycles. The highest BCUT2D eigenvalue weighted by Gasteiger charge is 2.18. The maximum Gasteiger partial charge on any atom is 0.348 e. The highest BCUT2D eigenvalue weighted by Crippen LogP contribution is 2.24. The molecule has 0 saturated heterocycles. The van der Waals surface area contributed by atoms with E-state index >= 15 is 0 Å². The minimum absolute atomic E-state index is 0.0483. The van der Waals surface area contributed by atoms with E-state index in [2.05, 4.69) is 15.4 Å². The van der Waals surface area contributed by atoms with Gasteiger partial charge >= 0.3 is 5.97 Å². The summed E-state index contributed by atoms with van der Waals surface area (Å²) in [7, 11) is 1.30. The van der Waals surface area contributed by atoms with Crippen LogP contribution in [0.5, 0.6) is 0 Å². The largest absolute Gasteiger partial charge is 0.465 e. The average molecular weight is 381 g/mol. The molecule has 0 radical (unpaired) electrons. The van der Waals surface area contributed by atoms with Gasteiger partial charge in [-0.15, -0.1) is 11.3 Å². The van der Waals surface area contributed by atoms with Crippen molar-refractivity contribution in [2.24, 2.45) is 0 Å². The van der Waals surface area contributed by atoms with Crippen LogP contribution in [0.1, 0.15) is 34.6 Å². The quantitative estimate of drug-likeness (QED) is 0.752. The van der Waals surface area contributed by atoms with Crippen LogP contribution in [0.15, 0.2) is 36.4 Å². The molecule has 6 nitrogen and oxygen atoms in total. The van der Waals surface area contributed by atoms with Crippen LogP contribution in [0, 0.1) is 0 Å². The van der Waals surface area contributed by atoms with Crippen LogP contribution >= 0.6 is 22.9 Å². The molecule has 0 saturated carbocycles. The molecule has 0 aliphatic rings. The van der Waals surface area contributed by atoms with Gasteiger partial charge in [0.1, 0.15) is 4.88 Å². The first kappa shape index (κ1) is 19.0. The number of rotatable bonds is 6. The Morgan fingerprint density at radius 3 is 2.44 bits per heavy atom. The van der Waals surface area contributed by atoms with E-state index < -0.39 is 12.0 Å². The highest BCUT2D eigenvalue weighted by atomic mass is 35.5. The smallest absolute Gasteiger partial charge is 0.348 e. The molecule has 25 heavy (non-hydrogen) atoms. The third-order valence-corrected chi connectivity index (χ3v) is 4.53. The van der Waals surface area contributed by atoms with E-state index in [1.807, 2.05) is 0 Å². The molecule has 0 spiro atoms. The van der Waals surface area contributed by atoms with E-state index in [-0.39, 0.29) is 18.2 Å². The Morgan fingerprint density at radius 1 is 1.16 bits per heavy atom. The number of nitrogens with one attached hydrogen (secondary N) is 2. The van der Waals surface area contributed by atoms with E-state index in [1.165, 1.54) is 14.0 Å². The minimum atomic E-state index is -0.477. The van der Waals surface area contributed by atoms with Gasteiger partial charge in [0.15, 0.2) is 0 Å². The summed E-state index contributed by atoms with van der Waals surface area (Å²) < 4.78 is 4.63. The molecular weight excluding hydrogens is 364 g/mol. The highest BCUT2D eigenvalue weighted by molar-refractivity contribution is 7.18. The van der Waals surface area contributed by atoms with E-state index in [0.717, 1.165) is 16.9 Å². The molecule has 8 heteroatoms. The summed E-state index contributed by atoms with van der Waals surface area (Å²) in [5.74, 6) is -0.980. The van der Waals surface area contributed by atoms with Gasteiger partial charge in [-0.25, -0.2) is 4.79 Å². The van der Waals surface area contributed by atoms with Gasteiger partial charge in [-0.2, -0.15) is 0 Å². The number of esters is 1. The summed E-state index contributed by atoms with van der Waals surface area (Å²) in [4.78, 5) is 35.6. The molecule has 1 heterocycles. The Kier molecular flexibility index (Phi) is 6.55. The summed E-state index contributed by atoms with van der Waals surface area (Å²) in [5, 5.41) is 6.58. The first-order valence-corrected chi connectivity index (χ1v) is 8.59. The lowest BCUT2D eigenvalue weighted by molar-refractivity contribution is -0.120. The van der Waals surface area contributed by atoms with Crippen molar-refractivity contribution in [2.75, 3.05) is 12.4 Å². The third kappa shape index (κ3) is 5.58. The number of anilines is 1. The SMILES string of the molecule is COC(=O)c1ccc(NC(=O)CC(NC(C)=O)c2ccc(Cl)cc2)s1. The van der Waals surface area contributed by atoms with Gasteiger partial charge in [-0.05, 0) is 29.8 Å². The van der Waals surface area contributed by atoms with Crippen LogP contribution in [-0.4, -0.2) is 24.9 Å². The molecule has 0 bridgehead atoms. The number of hydrogen-bond acceptors (Lipinski definition) is 5. The molecule has 0 fully saturated rings. The molecule has 2 N–H and O–H groups in total. The monoisotopic (exact) mass is 380 g/mol. The number of thiophene rings is 1. The standard InChI is InChI=1S/C17H17ClN2O4S/c1-10(21)19-13(11-3-5-12(18)6-4-11)9-15(22)20-16-8-7-14(25-16)17(23)24-2/h3-8,13H,9H2,1-2H3,(H,19,21)(H,20,22). The van der Waals surface area contributed by atoms with Gasteiger partial charge in [0.25, 0.3) is 0 Å². The predicted octanol–water partition coefficient (Wildman–Crippen LogP) is 3.39. The number of methoxy groups -OCH3 is 1. The lowest BCUT2D eigenvalue weighted by Crippen LogP contribution is -2.29. The zero-order valence-corrected chi connectivity index (χ0v) is 15.2. The summed E-state index contributed by atoms with van der Waals surface area (Å²) in [6.07, 6.45) is 0.0483. The van der Waals surface area contributed by atoms with Crippen molar-refractivity contribution in [3.63, 3.8) is 0 Å². The molecule has 2 amide bonds. The van der Waals surface area contributed by atoms with Crippen molar-refractivity contribution in [1.82, 2.24) is 5.32 Å². The number of hydrogen-bond donors (Lipinski definition) is 2. The van der Waals surface area contributed by atoms with Crippen LogP contribution in [0.2, 0.25) is 5.02 Å². The lowest BCUT2D eigenvalue weighted by atomic mass is 10.0. The number of carbonyl (C=O) groups is 3. The molecule has 1 aromatic carbocycles. The summed E-state index contributed by atoms with van der Waals surface area (Å²) >= 11 is 6.99. The number of halogens is 1.